The van der Waals surface area contributed by atoms with Crippen LogP contribution in [0.4, 0.5) is 0 Å². The molecule has 1 N–H and O–H groups in total. The van der Waals surface area contributed by atoms with E-state index in [4.69, 9.17) is 4.74 Å². The lowest BCUT2D eigenvalue weighted by Gasteiger charge is -2.29. The molecule has 7 nitrogen and oxygen atoms in total. The third-order valence-corrected chi connectivity index (χ3v) is 3.90. The van der Waals surface area contributed by atoms with Gasteiger partial charge < -0.3 is 15.0 Å². The number of carbonyl (C=O) groups excluding carboxylic acids is 1. The molecule has 0 radical (unpaired) electrons. The average molecular weight is 315 g/mol. The molecule has 2 heterocycles. The SMILES string of the molecule is C[C@H](NC(=O)[C@H]1CN(C)CCO1)c1cn(-c2ccccc2)nn1. The minimum absolute atomic E-state index is 0.113. The van der Waals surface area contributed by atoms with E-state index in [1.807, 2.05) is 50.5 Å². The zero-order valence-corrected chi connectivity index (χ0v) is 13.3. The molecule has 1 saturated heterocycles. The quantitative estimate of drug-likeness (QED) is 0.902. The maximum absolute atomic E-state index is 12.3. The second kappa shape index (κ2) is 6.89. The predicted molar refractivity (Wildman–Crippen MR) is 85.2 cm³/mol. The van der Waals surface area contributed by atoms with Gasteiger partial charge in [-0.05, 0) is 26.1 Å². The highest BCUT2D eigenvalue weighted by Crippen LogP contribution is 2.13. The first-order valence-corrected chi connectivity index (χ1v) is 7.71. The highest BCUT2D eigenvalue weighted by molar-refractivity contribution is 5.81. The monoisotopic (exact) mass is 315 g/mol. The Kier molecular flexibility index (Phi) is 4.68. The summed E-state index contributed by atoms with van der Waals surface area (Å²) in [6.07, 6.45) is 1.40. The molecule has 7 heteroatoms. The van der Waals surface area contributed by atoms with Gasteiger partial charge in [-0.25, -0.2) is 4.68 Å². The summed E-state index contributed by atoms with van der Waals surface area (Å²) in [7, 11) is 1.98. The smallest absolute Gasteiger partial charge is 0.250 e. The molecule has 1 aromatic carbocycles. The van der Waals surface area contributed by atoms with E-state index in [1.54, 1.807) is 4.68 Å². The lowest BCUT2D eigenvalue weighted by atomic mass is 10.2. The van der Waals surface area contributed by atoms with Crippen molar-refractivity contribution in [3.63, 3.8) is 0 Å². The van der Waals surface area contributed by atoms with Gasteiger partial charge in [-0.1, -0.05) is 23.4 Å². The number of nitrogens with one attached hydrogen (secondary N) is 1. The molecule has 2 atom stereocenters. The molecule has 23 heavy (non-hydrogen) atoms. The van der Waals surface area contributed by atoms with Crippen LogP contribution in [0.25, 0.3) is 5.69 Å². The van der Waals surface area contributed by atoms with Gasteiger partial charge in [0.1, 0.15) is 11.8 Å². The van der Waals surface area contributed by atoms with Crippen LogP contribution in [-0.2, 0) is 9.53 Å². The summed E-state index contributed by atoms with van der Waals surface area (Å²) in [5, 5.41) is 11.2. The summed E-state index contributed by atoms with van der Waals surface area (Å²) in [6.45, 7) is 3.93. The van der Waals surface area contributed by atoms with Crippen molar-refractivity contribution in [1.29, 1.82) is 0 Å². The number of aromatic nitrogens is 3. The van der Waals surface area contributed by atoms with Gasteiger partial charge in [-0.15, -0.1) is 5.10 Å². The number of morpholine rings is 1. The van der Waals surface area contributed by atoms with Gasteiger partial charge in [-0.2, -0.15) is 0 Å². The van der Waals surface area contributed by atoms with Crippen LogP contribution in [-0.4, -0.2) is 58.6 Å². The first-order chi connectivity index (χ1) is 11.1. The first kappa shape index (κ1) is 15.6. The van der Waals surface area contributed by atoms with Gasteiger partial charge in [0, 0.05) is 13.1 Å². The summed E-state index contributed by atoms with van der Waals surface area (Å²) in [5.74, 6) is -0.113. The fourth-order valence-electron chi connectivity index (χ4n) is 2.50. The lowest BCUT2D eigenvalue weighted by Crippen LogP contribution is -2.48. The number of likely N-dealkylation sites (N-methyl/N-ethyl adjacent to an activating group) is 1. The van der Waals surface area contributed by atoms with E-state index in [2.05, 4.69) is 20.5 Å². The van der Waals surface area contributed by atoms with Crippen molar-refractivity contribution < 1.29 is 9.53 Å². The second-order valence-electron chi connectivity index (χ2n) is 5.78. The molecular weight excluding hydrogens is 294 g/mol. The molecule has 1 aliphatic rings. The van der Waals surface area contributed by atoms with Gasteiger partial charge in [0.05, 0.1) is 24.5 Å². The molecule has 0 bridgehead atoms. The Morgan fingerprint density at radius 2 is 2.17 bits per heavy atom. The summed E-state index contributed by atoms with van der Waals surface area (Å²) in [5.41, 5.74) is 1.65. The highest BCUT2D eigenvalue weighted by Gasteiger charge is 2.26. The number of hydrogen-bond donors (Lipinski definition) is 1. The Hall–Kier alpha value is -2.25. The number of amides is 1. The topological polar surface area (TPSA) is 72.3 Å². The number of nitrogens with zero attached hydrogens (tertiary/aromatic N) is 4. The molecule has 1 amide bonds. The van der Waals surface area contributed by atoms with E-state index >= 15 is 0 Å². The average Bonchev–Trinajstić information content (AvgIpc) is 3.06. The van der Waals surface area contributed by atoms with Crippen molar-refractivity contribution in [2.75, 3.05) is 26.7 Å². The van der Waals surface area contributed by atoms with Gasteiger partial charge >= 0.3 is 0 Å². The normalized spacial score (nSPS) is 20.2. The molecule has 122 valence electrons. The highest BCUT2D eigenvalue weighted by atomic mass is 16.5. The summed E-state index contributed by atoms with van der Waals surface area (Å²) in [4.78, 5) is 14.4. The minimum Gasteiger partial charge on any atom is -0.366 e. The van der Waals surface area contributed by atoms with E-state index in [-0.39, 0.29) is 11.9 Å². The zero-order chi connectivity index (χ0) is 16.2. The van der Waals surface area contributed by atoms with Gasteiger partial charge in [0.25, 0.3) is 5.91 Å². The van der Waals surface area contributed by atoms with Crippen LogP contribution in [0.3, 0.4) is 0 Å². The Balaban J connectivity index is 1.63. The summed E-state index contributed by atoms with van der Waals surface area (Å²) in [6, 6.07) is 9.51. The van der Waals surface area contributed by atoms with Crippen LogP contribution in [0.5, 0.6) is 0 Å². The number of para-hydroxylation sites is 1. The molecule has 3 rings (SSSR count). The molecule has 1 aromatic heterocycles. The molecule has 0 unspecified atom stereocenters. The summed E-state index contributed by atoms with van der Waals surface area (Å²) >= 11 is 0. The van der Waals surface area contributed by atoms with Crippen LogP contribution in [0.2, 0.25) is 0 Å². The number of ether oxygens (including phenoxy) is 1. The summed E-state index contributed by atoms with van der Waals surface area (Å²) < 4.78 is 7.22. The molecular formula is C16H21N5O2. The molecule has 1 fully saturated rings. The fraction of sp³-hybridized carbons (Fsp3) is 0.438. The van der Waals surface area contributed by atoms with Crippen LogP contribution in [0, 0.1) is 0 Å². The van der Waals surface area contributed by atoms with Crippen molar-refractivity contribution in [3.05, 3.63) is 42.2 Å². The third kappa shape index (κ3) is 3.75. The van der Waals surface area contributed by atoms with E-state index in [1.165, 1.54) is 0 Å². The third-order valence-electron chi connectivity index (χ3n) is 3.90. The lowest BCUT2D eigenvalue weighted by molar-refractivity contribution is -0.138. The maximum Gasteiger partial charge on any atom is 0.250 e. The zero-order valence-electron chi connectivity index (χ0n) is 13.3. The Morgan fingerprint density at radius 3 is 2.91 bits per heavy atom. The standard InChI is InChI=1S/C16H21N5O2/c1-12(17-16(22)15-11-20(2)8-9-23-15)14-10-21(19-18-14)13-6-4-3-5-7-13/h3-7,10,12,15H,8-9,11H2,1-2H3,(H,17,22)/t12-,15+/m0/s1. The van der Waals surface area contributed by atoms with Gasteiger partial charge in [0.15, 0.2) is 0 Å². The molecule has 1 aliphatic heterocycles. The van der Waals surface area contributed by atoms with E-state index < -0.39 is 6.10 Å². The predicted octanol–water partition coefficient (Wildman–Crippen LogP) is 0.775. The number of hydrogen-bond acceptors (Lipinski definition) is 5. The van der Waals surface area contributed by atoms with Crippen LogP contribution >= 0.6 is 0 Å². The van der Waals surface area contributed by atoms with Crippen molar-refractivity contribution in [3.8, 4) is 5.69 Å². The first-order valence-electron chi connectivity index (χ1n) is 7.71. The molecule has 0 spiro atoms. The van der Waals surface area contributed by atoms with Crippen molar-refractivity contribution in [2.45, 2.75) is 19.1 Å². The largest absolute Gasteiger partial charge is 0.366 e. The molecule has 0 aliphatic carbocycles. The maximum atomic E-state index is 12.3. The number of carbonyl (C=O) groups is 1. The second-order valence-corrected chi connectivity index (χ2v) is 5.78. The van der Waals surface area contributed by atoms with E-state index in [0.717, 1.165) is 12.2 Å². The molecule has 2 aromatic rings. The number of benzene rings is 1. The molecule has 0 saturated carbocycles. The Bertz CT molecular complexity index is 658. The van der Waals surface area contributed by atoms with E-state index in [9.17, 15) is 4.79 Å². The van der Waals surface area contributed by atoms with Crippen molar-refractivity contribution >= 4 is 5.91 Å². The van der Waals surface area contributed by atoms with Gasteiger partial charge in [0.2, 0.25) is 0 Å². The van der Waals surface area contributed by atoms with Crippen LogP contribution in [0.15, 0.2) is 36.5 Å². The van der Waals surface area contributed by atoms with E-state index in [0.29, 0.717) is 18.8 Å². The van der Waals surface area contributed by atoms with Crippen molar-refractivity contribution in [1.82, 2.24) is 25.2 Å². The minimum atomic E-state index is -0.430. The van der Waals surface area contributed by atoms with Crippen LogP contribution < -0.4 is 5.32 Å². The van der Waals surface area contributed by atoms with Crippen LogP contribution in [0.1, 0.15) is 18.7 Å². The fourth-order valence-corrected chi connectivity index (χ4v) is 2.50. The Labute approximate surface area is 135 Å². The van der Waals surface area contributed by atoms with Crippen molar-refractivity contribution in [2.24, 2.45) is 0 Å². The number of rotatable bonds is 4. The van der Waals surface area contributed by atoms with Gasteiger partial charge in [-0.3, -0.25) is 4.79 Å². The Morgan fingerprint density at radius 1 is 1.39 bits per heavy atom.